The maximum Gasteiger partial charge on any atom is 0.222 e. The summed E-state index contributed by atoms with van der Waals surface area (Å²) in [5, 5.41) is 2.71. The van der Waals surface area contributed by atoms with E-state index >= 15 is 0 Å². The minimum Gasteiger partial charge on any atom is -0.349 e. The molecule has 16 heavy (non-hydrogen) atoms. The van der Waals surface area contributed by atoms with Crippen molar-refractivity contribution in [2.75, 3.05) is 0 Å². The molecule has 0 spiro atoms. The van der Waals surface area contributed by atoms with Gasteiger partial charge in [0.25, 0.3) is 0 Å². The number of hydrogen-bond acceptors (Lipinski definition) is 2. The van der Waals surface area contributed by atoms with Crippen molar-refractivity contribution < 1.29 is 9.18 Å². The van der Waals surface area contributed by atoms with Crippen LogP contribution >= 0.6 is 0 Å². The van der Waals surface area contributed by atoms with Crippen molar-refractivity contribution in [3.8, 4) is 0 Å². The fraction of sp³-hybridized carbons (Fsp3) is 0.417. The van der Waals surface area contributed by atoms with E-state index in [-0.39, 0.29) is 30.2 Å². The number of nitrogens with one attached hydrogen (secondary N) is 1. The number of nitrogens with two attached hydrogens (primary N) is 1. The monoisotopic (exact) mass is 224 g/mol. The van der Waals surface area contributed by atoms with Crippen LogP contribution in [0.4, 0.5) is 4.39 Å². The van der Waals surface area contributed by atoms with Crippen LogP contribution in [0, 0.1) is 5.82 Å². The maximum atomic E-state index is 13.4. The van der Waals surface area contributed by atoms with Gasteiger partial charge in [-0.3, -0.25) is 4.79 Å². The lowest BCUT2D eigenvalue weighted by Crippen LogP contribution is -2.32. The lowest BCUT2D eigenvalue weighted by atomic mass is 10.1. The first-order valence-corrected chi connectivity index (χ1v) is 5.30. The molecule has 4 heteroatoms. The van der Waals surface area contributed by atoms with E-state index in [0.717, 1.165) is 0 Å². The Morgan fingerprint density at radius 3 is 2.62 bits per heavy atom. The molecule has 0 fully saturated rings. The molecule has 0 bridgehead atoms. The predicted octanol–water partition coefficient (Wildman–Crippen LogP) is 1.74. The second-order valence-electron chi connectivity index (χ2n) is 3.99. The van der Waals surface area contributed by atoms with Gasteiger partial charge < -0.3 is 11.1 Å². The van der Waals surface area contributed by atoms with Gasteiger partial charge in [-0.15, -0.1) is 0 Å². The molecule has 0 saturated carbocycles. The Hall–Kier alpha value is -1.42. The summed E-state index contributed by atoms with van der Waals surface area (Å²) in [6.07, 6.45) is 0.249. The van der Waals surface area contributed by atoms with Crippen molar-refractivity contribution in [2.24, 2.45) is 5.73 Å². The summed E-state index contributed by atoms with van der Waals surface area (Å²) < 4.78 is 13.4. The highest BCUT2D eigenvalue weighted by Gasteiger charge is 2.13. The van der Waals surface area contributed by atoms with Gasteiger partial charge in [-0.05, 0) is 19.9 Å². The highest BCUT2D eigenvalue weighted by Crippen LogP contribution is 2.15. The smallest absolute Gasteiger partial charge is 0.222 e. The van der Waals surface area contributed by atoms with Gasteiger partial charge in [0.05, 0.1) is 6.04 Å². The van der Waals surface area contributed by atoms with E-state index in [4.69, 9.17) is 5.73 Å². The first-order chi connectivity index (χ1) is 7.50. The highest BCUT2D eigenvalue weighted by molar-refractivity contribution is 5.76. The van der Waals surface area contributed by atoms with Crippen molar-refractivity contribution in [1.82, 2.24) is 5.32 Å². The molecule has 0 saturated heterocycles. The zero-order chi connectivity index (χ0) is 12.1. The van der Waals surface area contributed by atoms with Crippen LogP contribution in [0.25, 0.3) is 0 Å². The second kappa shape index (κ2) is 5.61. The van der Waals surface area contributed by atoms with Gasteiger partial charge in [-0.1, -0.05) is 18.2 Å². The Morgan fingerprint density at radius 1 is 1.44 bits per heavy atom. The molecule has 1 rings (SSSR count). The third-order valence-electron chi connectivity index (χ3n) is 2.26. The van der Waals surface area contributed by atoms with Crippen LogP contribution in [0.1, 0.15) is 31.9 Å². The first kappa shape index (κ1) is 12.6. The summed E-state index contributed by atoms with van der Waals surface area (Å²) in [6.45, 7) is 3.50. The molecule has 3 N–H and O–H groups in total. The number of halogens is 1. The van der Waals surface area contributed by atoms with Crippen molar-refractivity contribution >= 4 is 5.91 Å². The zero-order valence-electron chi connectivity index (χ0n) is 9.53. The fourth-order valence-corrected chi connectivity index (χ4v) is 1.50. The SMILES string of the molecule is CC(N)CC(=O)NC(C)c1ccccc1F. The highest BCUT2D eigenvalue weighted by atomic mass is 19.1. The van der Waals surface area contributed by atoms with E-state index in [1.54, 1.807) is 32.0 Å². The second-order valence-corrected chi connectivity index (χ2v) is 3.99. The zero-order valence-corrected chi connectivity index (χ0v) is 9.53. The van der Waals surface area contributed by atoms with Crippen LogP contribution in [0.15, 0.2) is 24.3 Å². The van der Waals surface area contributed by atoms with E-state index in [1.807, 2.05) is 0 Å². The van der Waals surface area contributed by atoms with Crippen LogP contribution in [0.2, 0.25) is 0 Å². The molecule has 1 aromatic carbocycles. The molecular formula is C12H17FN2O. The van der Waals surface area contributed by atoms with Crippen LogP contribution in [0.5, 0.6) is 0 Å². The van der Waals surface area contributed by atoms with E-state index in [2.05, 4.69) is 5.32 Å². The normalized spacial score (nSPS) is 14.2. The van der Waals surface area contributed by atoms with E-state index in [9.17, 15) is 9.18 Å². The summed E-state index contributed by atoms with van der Waals surface area (Å²) in [5.41, 5.74) is 5.99. The summed E-state index contributed by atoms with van der Waals surface area (Å²) >= 11 is 0. The molecule has 1 aromatic rings. The molecule has 0 heterocycles. The first-order valence-electron chi connectivity index (χ1n) is 5.30. The fourth-order valence-electron chi connectivity index (χ4n) is 1.50. The van der Waals surface area contributed by atoms with Gasteiger partial charge in [0, 0.05) is 18.0 Å². The maximum absolute atomic E-state index is 13.4. The third kappa shape index (κ3) is 3.62. The molecule has 0 aliphatic heterocycles. The van der Waals surface area contributed by atoms with Crippen LogP contribution < -0.4 is 11.1 Å². The molecule has 0 aliphatic carbocycles. The average Bonchev–Trinajstić information content (AvgIpc) is 2.16. The minimum absolute atomic E-state index is 0.161. The number of benzene rings is 1. The van der Waals surface area contributed by atoms with Crippen molar-refractivity contribution in [3.05, 3.63) is 35.6 Å². The average molecular weight is 224 g/mol. The Morgan fingerprint density at radius 2 is 2.06 bits per heavy atom. The Balaban J connectivity index is 2.62. The largest absolute Gasteiger partial charge is 0.349 e. The molecule has 0 aromatic heterocycles. The molecule has 88 valence electrons. The van der Waals surface area contributed by atoms with Gasteiger partial charge in [-0.2, -0.15) is 0 Å². The quantitative estimate of drug-likeness (QED) is 0.818. The molecule has 3 nitrogen and oxygen atoms in total. The summed E-state index contributed by atoms with van der Waals surface area (Å²) in [6, 6.07) is 5.87. The van der Waals surface area contributed by atoms with Crippen molar-refractivity contribution in [1.29, 1.82) is 0 Å². The van der Waals surface area contributed by atoms with E-state index < -0.39 is 0 Å². The van der Waals surface area contributed by atoms with Gasteiger partial charge in [0.15, 0.2) is 0 Å². The minimum atomic E-state index is -0.340. The molecular weight excluding hydrogens is 207 g/mol. The van der Waals surface area contributed by atoms with Gasteiger partial charge in [0.2, 0.25) is 5.91 Å². The Kier molecular flexibility index (Phi) is 4.43. The summed E-state index contributed by atoms with van der Waals surface area (Å²) in [7, 11) is 0. The number of carbonyl (C=O) groups excluding carboxylic acids is 1. The van der Waals surface area contributed by atoms with Gasteiger partial charge in [-0.25, -0.2) is 4.39 Å². The van der Waals surface area contributed by atoms with Gasteiger partial charge in [0.1, 0.15) is 5.82 Å². The lowest BCUT2D eigenvalue weighted by Gasteiger charge is -2.15. The van der Waals surface area contributed by atoms with E-state index in [1.165, 1.54) is 6.07 Å². The van der Waals surface area contributed by atoms with Crippen LogP contribution in [-0.4, -0.2) is 11.9 Å². The number of rotatable bonds is 4. The predicted molar refractivity (Wildman–Crippen MR) is 61.2 cm³/mol. The van der Waals surface area contributed by atoms with Crippen molar-refractivity contribution in [2.45, 2.75) is 32.4 Å². The van der Waals surface area contributed by atoms with Crippen molar-refractivity contribution in [3.63, 3.8) is 0 Å². The standard InChI is InChI=1S/C12H17FN2O/c1-8(14)7-12(16)15-9(2)10-5-3-4-6-11(10)13/h3-6,8-9H,7,14H2,1-2H3,(H,15,16). The van der Waals surface area contributed by atoms with E-state index in [0.29, 0.717) is 5.56 Å². The molecule has 1 amide bonds. The Labute approximate surface area is 94.8 Å². The molecule has 0 aliphatic rings. The Bertz CT molecular complexity index is 366. The number of carbonyl (C=O) groups is 1. The number of hydrogen-bond donors (Lipinski definition) is 2. The van der Waals surface area contributed by atoms with Crippen LogP contribution in [0.3, 0.4) is 0 Å². The third-order valence-corrected chi connectivity index (χ3v) is 2.26. The topological polar surface area (TPSA) is 55.1 Å². The summed E-state index contributed by atoms with van der Waals surface area (Å²) in [5.74, 6) is -0.471. The molecule has 2 atom stereocenters. The molecule has 2 unspecified atom stereocenters. The number of amides is 1. The van der Waals surface area contributed by atoms with Crippen LogP contribution in [-0.2, 0) is 4.79 Å². The lowest BCUT2D eigenvalue weighted by molar-refractivity contribution is -0.122. The molecule has 0 radical (unpaired) electrons. The summed E-state index contributed by atoms with van der Waals surface area (Å²) in [4.78, 5) is 11.4. The van der Waals surface area contributed by atoms with Gasteiger partial charge >= 0.3 is 0 Å².